The second-order valence-electron chi connectivity index (χ2n) is 7.12. The molecular formula is C21H25ClFN3O4S. The summed E-state index contributed by atoms with van der Waals surface area (Å²) in [6, 6.07) is 12.8. The number of halogens is 2. The summed E-state index contributed by atoms with van der Waals surface area (Å²) < 4.78 is 45.0. The van der Waals surface area contributed by atoms with Crippen molar-refractivity contribution in [2.45, 2.75) is 6.42 Å². The van der Waals surface area contributed by atoms with Gasteiger partial charge < -0.3 is 15.0 Å². The Hall–Kier alpha value is -2.36. The number of ether oxygens (including phenoxy) is 1. The van der Waals surface area contributed by atoms with Crippen LogP contribution >= 0.6 is 11.6 Å². The van der Waals surface area contributed by atoms with Crippen LogP contribution in [0.1, 0.15) is 6.42 Å². The Morgan fingerprint density at radius 2 is 1.68 bits per heavy atom. The minimum atomic E-state index is -3.40. The Kier molecular flexibility index (Phi) is 8.11. The van der Waals surface area contributed by atoms with Crippen molar-refractivity contribution in [3.8, 4) is 5.75 Å². The predicted molar refractivity (Wildman–Crippen MR) is 119 cm³/mol. The zero-order valence-corrected chi connectivity index (χ0v) is 18.5. The molecule has 0 aliphatic carbocycles. The topological polar surface area (TPSA) is 78.9 Å². The van der Waals surface area contributed by atoms with E-state index in [-0.39, 0.29) is 30.6 Å². The number of nitrogens with one attached hydrogen (secondary N) is 1. The van der Waals surface area contributed by atoms with E-state index in [1.807, 2.05) is 4.90 Å². The number of carbonyl (C=O) groups is 1. The maximum Gasteiger partial charge on any atom is 0.257 e. The summed E-state index contributed by atoms with van der Waals surface area (Å²) in [6.07, 6.45) is 0.313. The number of anilines is 1. The van der Waals surface area contributed by atoms with Gasteiger partial charge in [-0.1, -0.05) is 11.6 Å². The third-order valence-electron chi connectivity index (χ3n) is 4.91. The average Bonchev–Trinajstić information content (AvgIpc) is 2.77. The van der Waals surface area contributed by atoms with Crippen molar-refractivity contribution in [1.29, 1.82) is 0 Å². The number of nitrogens with zero attached hydrogens (tertiary/aromatic N) is 2. The van der Waals surface area contributed by atoms with Crippen molar-refractivity contribution in [3.05, 3.63) is 59.4 Å². The van der Waals surface area contributed by atoms with Gasteiger partial charge in [-0.15, -0.1) is 0 Å². The third kappa shape index (κ3) is 7.09. The van der Waals surface area contributed by atoms with E-state index in [0.29, 0.717) is 43.4 Å². The van der Waals surface area contributed by atoms with Crippen LogP contribution in [0.5, 0.6) is 5.75 Å². The molecule has 31 heavy (non-hydrogen) atoms. The number of hydrogen-bond donors (Lipinski definition) is 1. The van der Waals surface area contributed by atoms with Crippen LogP contribution in [0.4, 0.5) is 10.1 Å². The van der Waals surface area contributed by atoms with Gasteiger partial charge in [0, 0.05) is 43.4 Å². The molecule has 1 N–H and O–H groups in total. The molecule has 1 fully saturated rings. The second-order valence-corrected chi connectivity index (χ2v) is 9.65. The Balaban J connectivity index is 1.35. The summed E-state index contributed by atoms with van der Waals surface area (Å²) in [4.78, 5) is 13.9. The van der Waals surface area contributed by atoms with E-state index in [0.717, 1.165) is 5.69 Å². The lowest BCUT2D eigenvalue weighted by molar-refractivity contribution is -0.123. The first-order valence-electron chi connectivity index (χ1n) is 9.97. The molecule has 0 aromatic heterocycles. The van der Waals surface area contributed by atoms with Crippen LogP contribution in [0.3, 0.4) is 0 Å². The van der Waals surface area contributed by atoms with E-state index in [9.17, 15) is 17.6 Å². The molecule has 3 rings (SSSR count). The monoisotopic (exact) mass is 469 g/mol. The highest BCUT2D eigenvalue weighted by Crippen LogP contribution is 2.18. The van der Waals surface area contributed by atoms with Crippen molar-refractivity contribution in [2.24, 2.45) is 0 Å². The molecule has 7 nitrogen and oxygen atoms in total. The van der Waals surface area contributed by atoms with Gasteiger partial charge in [-0.2, -0.15) is 4.31 Å². The van der Waals surface area contributed by atoms with Crippen LogP contribution < -0.4 is 15.0 Å². The lowest BCUT2D eigenvalue weighted by atomic mass is 10.2. The van der Waals surface area contributed by atoms with E-state index in [1.165, 1.54) is 16.4 Å². The van der Waals surface area contributed by atoms with Crippen molar-refractivity contribution in [3.63, 3.8) is 0 Å². The molecule has 0 unspecified atom stereocenters. The molecule has 0 atom stereocenters. The smallest absolute Gasteiger partial charge is 0.257 e. The van der Waals surface area contributed by atoms with Crippen LogP contribution in [-0.2, 0) is 14.8 Å². The average molecular weight is 470 g/mol. The molecule has 1 aliphatic heterocycles. The van der Waals surface area contributed by atoms with E-state index in [1.54, 1.807) is 36.4 Å². The second kappa shape index (κ2) is 10.8. The van der Waals surface area contributed by atoms with Gasteiger partial charge in [-0.05, 0) is 55.0 Å². The van der Waals surface area contributed by atoms with E-state index < -0.39 is 10.0 Å². The molecule has 1 aliphatic rings. The summed E-state index contributed by atoms with van der Waals surface area (Å²) in [5.41, 5.74) is 0.877. The number of piperazine rings is 1. The van der Waals surface area contributed by atoms with E-state index in [4.69, 9.17) is 16.3 Å². The van der Waals surface area contributed by atoms with E-state index in [2.05, 4.69) is 5.32 Å². The highest BCUT2D eigenvalue weighted by Gasteiger charge is 2.26. The maximum atomic E-state index is 13.1. The molecule has 0 bridgehead atoms. The fourth-order valence-corrected chi connectivity index (χ4v) is 4.83. The third-order valence-corrected chi connectivity index (χ3v) is 7.12. The van der Waals surface area contributed by atoms with Gasteiger partial charge in [0.1, 0.15) is 11.6 Å². The van der Waals surface area contributed by atoms with Crippen molar-refractivity contribution >= 4 is 33.2 Å². The zero-order valence-electron chi connectivity index (χ0n) is 17.0. The number of benzene rings is 2. The Labute approximate surface area is 186 Å². The van der Waals surface area contributed by atoms with Gasteiger partial charge in [0.25, 0.3) is 5.91 Å². The Bertz CT molecular complexity index is 963. The molecular weight excluding hydrogens is 445 g/mol. The van der Waals surface area contributed by atoms with Gasteiger partial charge in [0.15, 0.2) is 6.61 Å². The standard InChI is InChI=1S/C21H25ClFN3O4S/c22-17-2-8-20(9-3-17)30-16-21(27)24-10-1-15-31(28,29)26-13-11-25(12-14-26)19-6-4-18(23)5-7-19/h2-9H,1,10-16H2,(H,24,27). The molecule has 168 valence electrons. The Morgan fingerprint density at radius 1 is 1.03 bits per heavy atom. The largest absolute Gasteiger partial charge is 0.484 e. The summed E-state index contributed by atoms with van der Waals surface area (Å²) in [5.74, 6) is -0.127. The van der Waals surface area contributed by atoms with Crippen LogP contribution in [-0.4, -0.2) is 63.7 Å². The molecule has 1 amide bonds. The summed E-state index contributed by atoms with van der Waals surface area (Å²) in [5, 5.41) is 3.24. The van der Waals surface area contributed by atoms with Gasteiger partial charge in [-0.25, -0.2) is 12.8 Å². The van der Waals surface area contributed by atoms with Gasteiger partial charge in [0.05, 0.1) is 5.75 Å². The molecule has 0 saturated carbocycles. The van der Waals surface area contributed by atoms with Crippen LogP contribution in [0, 0.1) is 5.82 Å². The fraction of sp³-hybridized carbons (Fsp3) is 0.381. The van der Waals surface area contributed by atoms with Gasteiger partial charge >= 0.3 is 0 Å². The molecule has 1 heterocycles. The molecule has 10 heteroatoms. The number of sulfonamides is 1. The first-order valence-corrected chi connectivity index (χ1v) is 12.0. The van der Waals surface area contributed by atoms with Gasteiger partial charge in [-0.3, -0.25) is 4.79 Å². The molecule has 0 spiro atoms. The lowest BCUT2D eigenvalue weighted by Gasteiger charge is -2.35. The highest BCUT2D eigenvalue weighted by atomic mass is 35.5. The minimum Gasteiger partial charge on any atom is -0.484 e. The number of hydrogen-bond acceptors (Lipinski definition) is 5. The first kappa shape index (κ1) is 23.3. The molecule has 1 saturated heterocycles. The maximum absolute atomic E-state index is 13.1. The van der Waals surface area contributed by atoms with Crippen molar-refractivity contribution in [1.82, 2.24) is 9.62 Å². The number of rotatable bonds is 9. The van der Waals surface area contributed by atoms with Crippen LogP contribution in [0.2, 0.25) is 5.02 Å². The zero-order chi connectivity index (χ0) is 22.3. The predicted octanol–water partition coefficient (Wildman–Crippen LogP) is 2.52. The lowest BCUT2D eigenvalue weighted by Crippen LogP contribution is -2.49. The first-order chi connectivity index (χ1) is 14.8. The minimum absolute atomic E-state index is 0.0398. The molecule has 2 aromatic rings. The summed E-state index contributed by atoms with van der Waals surface area (Å²) in [6.45, 7) is 1.94. The summed E-state index contributed by atoms with van der Waals surface area (Å²) in [7, 11) is -3.40. The normalized spacial score (nSPS) is 15.0. The SMILES string of the molecule is O=C(COc1ccc(Cl)cc1)NCCCS(=O)(=O)N1CCN(c2ccc(F)cc2)CC1. The van der Waals surface area contributed by atoms with E-state index >= 15 is 0 Å². The van der Waals surface area contributed by atoms with Crippen LogP contribution in [0.25, 0.3) is 0 Å². The quantitative estimate of drug-likeness (QED) is 0.571. The van der Waals surface area contributed by atoms with Crippen molar-refractivity contribution in [2.75, 3.05) is 50.0 Å². The Morgan fingerprint density at radius 3 is 2.32 bits per heavy atom. The van der Waals surface area contributed by atoms with Gasteiger partial charge in [0.2, 0.25) is 10.0 Å². The van der Waals surface area contributed by atoms with Crippen LogP contribution in [0.15, 0.2) is 48.5 Å². The molecule has 0 radical (unpaired) electrons. The highest BCUT2D eigenvalue weighted by molar-refractivity contribution is 7.89. The summed E-state index contributed by atoms with van der Waals surface area (Å²) >= 11 is 5.79. The molecule has 2 aromatic carbocycles. The van der Waals surface area contributed by atoms with Crippen molar-refractivity contribution < 1.29 is 22.3 Å². The number of carbonyl (C=O) groups excluding carboxylic acids is 1. The number of amides is 1. The fourth-order valence-electron chi connectivity index (χ4n) is 3.22.